The van der Waals surface area contributed by atoms with Gasteiger partial charge in [0.1, 0.15) is 0 Å². The first-order chi connectivity index (χ1) is 22.4. The quantitative estimate of drug-likeness (QED) is 0.0403. The van der Waals surface area contributed by atoms with Gasteiger partial charge >= 0.3 is 5.78 Å². The van der Waals surface area contributed by atoms with Gasteiger partial charge in [0.25, 0.3) is 0 Å². The SMILES string of the molecule is CC(=[OH+])/C=C(/C)O.CCCCCCCCC1(CCCCCCCC)c2ccccc2-c2c[c-]c(-c3ccc4ccccc4n3)cc21.[Ir]. The molecule has 1 aliphatic carbocycles. The molecule has 1 aromatic heterocycles. The fraction of sp³-hybridized carbons (Fsp3) is 0.442. The molecule has 0 spiro atoms. The maximum absolute atomic E-state index is 8.40. The second-order valence-corrected chi connectivity index (χ2v) is 13.2. The molecule has 5 rings (SSSR count). The number of aliphatic hydroxyl groups excluding tert-OH is 1. The topological polar surface area (TPSA) is 54.5 Å². The summed E-state index contributed by atoms with van der Waals surface area (Å²) in [6.45, 7) is 7.61. The van der Waals surface area contributed by atoms with E-state index in [0.29, 0.717) is 0 Å². The number of carbonyl (C=O) groups excluding carboxylic acids is 1. The molecule has 0 bridgehead atoms. The summed E-state index contributed by atoms with van der Waals surface area (Å²) >= 11 is 0. The normalized spacial score (nSPS) is 12.9. The third-order valence-corrected chi connectivity index (χ3v) is 9.41. The van der Waals surface area contributed by atoms with Crippen LogP contribution < -0.4 is 0 Å². The summed E-state index contributed by atoms with van der Waals surface area (Å²) in [5.41, 5.74) is 9.21. The minimum absolute atomic E-state index is 0. The minimum atomic E-state index is 0. The molecule has 0 saturated carbocycles. The van der Waals surface area contributed by atoms with Gasteiger partial charge in [0.15, 0.2) is 0 Å². The van der Waals surface area contributed by atoms with Crippen LogP contribution >= 0.6 is 0 Å². The van der Waals surface area contributed by atoms with Gasteiger partial charge in [-0.1, -0.05) is 157 Å². The molecule has 1 aliphatic rings. The third kappa shape index (κ3) is 10.5. The first-order valence-electron chi connectivity index (χ1n) is 17.8. The van der Waals surface area contributed by atoms with Crippen LogP contribution in [0.1, 0.15) is 129 Å². The van der Waals surface area contributed by atoms with Gasteiger partial charge in [-0.05, 0) is 42.5 Å². The van der Waals surface area contributed by atoms with Crippen LogP contribution in [-0.2, 0) is 25.5 Å². The largest absolute Gasteiger partial charge is 0.512 e. The summed E-state index contributed by atoms with van der Waals surface area (Å²) in [7, 11) is 0. The molecule has 1 radical (unpaired) electrons. The fourth-order valence-electron chi connectivity index (χ4n) is 7.13. The predicted octanol–water partition coefficient (Wildman–Crippen LogP) is 12.5. The molecule has 0 saturated heterocycles. The summed E-state index contributed by atoms with van der Waals surface area (Å²) in [5.74, 6) is 0.250. The van der Waals surface area contributed by atoms with E-state index in [9.17, 15) is 0 Å². The Balaban J connectivity index is 0.000000677. The minimum Gasteiger partial charge on any atom is -0.512 e. The summed E-state index contributed by atoms with van der Waals surface area (Å²) in [6, 6.07) is 30.4. The van der Waals surface area contributed by atoms with Gasteiger partial charge in [0, 0.05) is 25.5 Å². The summed E-state index contributed by atoms with van der Waals surface area (Å²) < 4.78 is 0. The molecule has 4 heteroatoms. The van der Waals surface area contributed by atoms with Gasteiger partial charge in [-0.2, -0.15) is 0 Å². The molecule has 0 fully saturated rings. The summed E-state index contributed by atoms with van der Waals surface area (Å²) in [5, 5.41) is 9.59. The van der Waals surface area contributed by atoms with Crippen molar-refractivity contribution in [3.63, 3.8) is 0 Å². The number of nitrogens with zero attached hydrogens (tertiary/aromatic N) is 1. The van der Waals surface area contributed by atoms with Crippen molar-refractivity contribution in [3.8, 4) is 22.4 Å². The molecule has 3 aromatic carbocycles. The fourth-order valence-corrected chi connectivity index (χ4v) is 7.13. The second-order valence-electron chi connectivity index (χ2n) is 13.2. The maximum atomic E-state index is 8.40. The summed E-state index contributed by atoms with van der Waals surface area (Å²) in [6.07, 6.45) is 19.9. The monoisotopic (exact) mass is 810 g/mol. The number of hydrogen-bond acceptors (Lipinski definition) is 2. The molecule has 3 nitrogen and oxygen atoms in total. The van der Waals surface area contributed by atoms with Crippen molar-refractivity contribution in [1.29, 1.82) is 0 Å². The number of fused-ring (bicyclic) bond motifs is 4. The van der Waals surface area contributed by atoms with Gasteiger partial charge < -0.3 is 5.11 Å². The number of rotatable bonds is 16. The zero-order valence-corrected chi connectivity index (χ0v) is 31.5. The molecular formula is C43H55IrNO2. The number of unbranched alkanes of at least 4 members (excludes halogenated alkanes) is 10. The van der Waals surface area contributed by atoms with Crippen LogP contribution in [0.25, 0.3) is 33.3 Å². The molecule has 253 valence electrons. The van der Waals surface area contributed by atoms with Crippen molar-refractivity contribution in [1.82, 2.24) is 4.98 Å². The van der Waals surface area contributed by atoms with Crippen molar-refractivity contribution in [2.75, 3.05) is 0 Å². The molecule has 4 aromatic rings. The van der Waals surface area contributed by atoms with Gasteiger partial charge in [-0.3, -0.25) is 9.78 Å². The van der Waals surface area contributed by atoms with E-state index in [-0.39, 0.29) is 37.1 Å². The first-order valence-corrected chi connectivity index (χ1v) is 17.8. The van der Waals surface area contributed by atoms with Crippen LogP contribution in [0, 0.1) is 6.07 Å². The zero-order valence-electron chi connectivity index (χ0n) is 29.1. The Bertz CT molecular complexity index is 1570. The second kappa shape index (κ2) is 19.7. The van der Waals surface area contributed by atoms with E-state index in [2.05, 4.69) is 92.7 Å². The molecular weight excluding hydrogens is 755 g/mol. The van der Waals surface area contributed by atoms with E-state index < -0.39 is 0 Å². The van der Waals surface area contributed by atoms with Crippen molar-refractivity contribution in [3.05, 3.63) is 102 Å². The van der Waals surface area contributed by atoms with E-state index in [4.69, 9.17) is 14.9 Å². The Morgan fingerprint density at radius 1 is 0.745 bits per heavy atom. The van der Waals surface area contributed by atoms with Crippen molar-refractivity contribution in [2.24, 2.45) is 0 Å². The average Bonchev–Trinajstić information content (AvgIpc) is 3.33. The standard InChI is InChI=1S/C38H46N.C5H8O2.Ir/c1-3-5-7-9-11-17-27-38(28-18-12-10-8-6-4-2)34-21-15-14-20-32(34)33-25-23-31(29-35(33)38)37-26-24-30-19-13-16-22-36(30)39-37;1-4(6)3-5(2)7;/h13-16,19-22,24-26,29H,3-12,17-18,27-28H2,1-2H3;3,6H,1-2H3;/q-1;;/p+1/b;4-3-;. The molecule has 0 unspecified atom stereocenters. The van der Waals surface area contributed by atoms with Crippen LogP contribution in [0.4, 0.5) is 0 Å². The number of ketones is 1. The van der Waals surface area contributed by atoms with E-state index in [1.165, 1.54) is 132 Å². The smallest absolute Gasteiger partial charge is 0.316 e. The van der Waals surface area contributed by atoms with Gasteiger partial charge in [-0.25, -0.2) is 0 Å². The van der Waals surface area contributed by atoms with E-state index >= 15 is 0 Å². The molecule has 1 heterocycles. The van der Waals surface area contributed by atoms with Crippen LogP contribution in [0.15, 0.2) is 84.6 Å². The molecule has 0 atom stereocenters. The van der Waals surface area contributed by atoms with Crippen LogP contribution in [0.5, 0.6) is 0 Å². The van der Waals surface area contributed by atoms with Gasteiger partial charge in [-0.15, -0.1) is 29.3 Å². The van der Waals surface area contributed by atoms with Crippen molar-refractivity contribution >= 4 is 16.7 Å². The Labute approximate surface area is 297 Å². The van der Waals surface area contributed by atoms with Gasteiger partial charge in [0.2, 0.25) is 0 Å². The van der Waals surface area contributed by atoms with Gasteiger partial charge in [0.05, 0.1) is 24.3 Å². The molecule has 47 heavy (non-hydrogen) atoms. The van der Waals surface area contributed by atoms with Crippen molar-refractivity contribution in [2.45, 2.75) is 123 Å². The number of benzene rings is 3. The summed E-state index contributed by atoms with van der Waals surface area (Å²) in [4.78, 5) is 13.4. The predicted molar refractivity (Wildman–Crippen MR) is 197 cm³/mol. The maximum Gasteiger partial charge on any atom is 0.316 e. The van der Waals surface area contributed by atoms with E-state index in [1.54, 1.807) is 5.56 Å². The number of pyridine rings is 1. The Hall–Kier alpha value is -3.07. The number of para-hydroxylation sites is 1. The van der Waals surface area contributed by atoms with E-state index in [1.807, 2.05) is 0 Å². The Morgan fingerprint density at radius 3 is 1.96 bits per heavy atom. The number of aromatic nitrogens is 1. The van der Waals surface area contributed by atoms with Crippen molar-refractivity contribution < 1.29 is 30.0 Å². The number of aliphatic hydroxyl groups is 1. The average molecular weight is 810 g/mol. The molecule has 0 aliphatic heterocycles. The van der Waals surface area contributed by atoms with E-state index in [0.717, 1.165) is 16.8 Å². The van der Waals surface area contributed by atoms with Crippen LogP contribution in [0.2, 0.25) is 0 Å². The molecule has 0 amide bonds. The Kier molecular flexibility index (Phi) is 16.1. The Morgan fingerprint density at radius 2 is 1.34 bits per heavy atom. The molecule has 2 N–H and O–H groups in total. The zero-order chi connectivity index (χ0) is 32.8. The van der Waals surface area contributed by atoms with Crippen LogP contribution in [0.3, 0.4) is 0 Å². The number of hydrogen-bond donors (Lipinski definition) is 1. The number of allylic oxidation sites excluding steroid dienone is 2. The third-order valence-electron chi connectivity index (χ3n) is 9.41. The van der Waals surface area contributed by atoms with Crippen LogP contribution in [-0.4, -0.2) is 20.7 Å². The first kappa shape index (κ1) is 38.4.